The summed E-state index contributed by atoms with van der Waals surface area (Å²) < 4.78 is 74.5. The average molecular weight is 591 g/mol. The highest BCUT2D eigenvalue weighted by Gasteiger charge is 2.57. The van der Waals surface area contributed by atoms with Crippen molar-refractivity contribution in [2.24, 2.45) is 23.2 Å². The first-order valence-electron chi connectivity index (χ1n) is 15.5. The van der Waals surface area contributed by atoms with Crippen LogP contribution < -0.4 is 0 Å². The summed E-state index contributed by atoms with van der Waals surface area (Å²) in [5.74, 6) is -1.82. The second-order valence-electron chi connectivity index (χ2n) is 13.0. The molecule has 0 aromatic heterocycles. The Hall–Kier alpha value is -1.02. The lowest BCUT2D eigenvalue weighted by Gasteiger charge is -2.53. The molecular formula is C32H47F5O2S. The van der Waals surface area contributed by atoms with E-state index in [4.69, 9.17) is 0 Å². The van der Waals surface area contributed by atoms with Gasteiger partial charge in [0.2, 0.25) is 0 Å². The molecule has 0 radical (unpaired) electrons. The maximum atomic E-state index is 12.9. The summed E-state index contributed by atoms with van der Waals surface area (Å²) in [6.45, 7) is 2.34. The number of aliphatic hydroxyl groups excluding tert-OH is 1. The molecular weight excluding hydrogens is 543 g/mol. The summed E-state index contributed by atoms with van der Waals surface area (Å²) in [4.78, 5) is 0. The van der Waals surface area contributed by atoms with Crippen LogP contribution in [-0.4, -0.2) is 39.0 Å². The topological polar surface area (TPSA) is 37.3 Å². The SMILES string of the molecule is C[C@]12CCC3c4ccccc4C[C@@H](CCCCCCCCCS(=O)CCCC(F)(F)C(F)(F)F)[C@H]3[C@@H]1CC[C@@H]2O. The molecule has 2 nitrogen and oxygen atoms in total. The number of fused-ring (bicyclic) bond motifs is 5. The van der Waals surface area contributed by atoms with E-state index >= 15 is 0 Å². The summed E-state index contributed by atoms with van der Waals surface area (Å²) in [5.41, 5.74) is 3.17. The van der Waals surface area contributed by atoms with E-state index in [-0.39, 0.29) is 23.7 Å². The van der Waals surface area contributed by atoms with Crippen LogP contribution in [0.15, 0.2) is 24.3 Å². The minimum absolute atomic E-state index is 0.0729. The lowest BCUT2D eigenvalue weighted by molar-refractivity contribution is -0.284. The van der Waals surface area contributed by atoms with Gasteiger partial charge in [0.05, 0.1) is 6.10 Å². The lowest BCUT2D eigenvalue weighted by atomic mass is 9.52. The minimum Gasteiger partial charge on any atom is -0.393 e. The molecule has 2 saturated carbocycles. The lowest BCUT2D eigenvalue weighted by Crippen LogP contribution is -2.47. The Bertz CT molecular complexity index is 982. The van der Waals surface area contributed by atoms with Crippen LogP contribution in [0.25, 0.3) is 0 Å². The monoisotopic (exact) mass is 590 g/mol. The molecule has 2 unspecified atom stereocenters. The van der Waals surface area contributed by atoms with Crippen molar-refractivity contribution in [1.82, 2.24) is 0 Å². The zero-order valence-corrected chi connectivity index (χ0v) is 24.7. The first kappa shape index (κ1) is 31.9. The van der Waals surface area contributed by atoms with Gasteiger partial charge in [-0.3, -0.25) is 4.21 Å². The molecule has 2 fully saturated rings. The van der Waals surface area contributed by atoms with Gasteiger partial charge < -0.3 is 5.11 Å². The van der Waals surface area contributed by atoms with E-state index in [0.29, 0.717) is 29.4 Å². The Morgan fingerprint density at radius 2 is 1.55 bits per heavy atom. The van der Waals surface area contributed by atoms with E-state index < -0.39 is 29.3 Å². The van der Waals surface area contributed by atoms with Crippen molar-refractivity contribution in [3.05, 3.63) is 35.4 Å². The summed E-state index contributed by atoms with van der Waals surface area (Å²) in [6, 6.07) is 9.02. The van der Waals surface area contributed by atoms with Gasteiger partial charge >= 0.3 is 12.1 Å². The molecule has 3 aliphatic carbocycles. The normalized spacial score (nSPS) is 30.9. The maximum absolute atomic E-state index is 12.9. The molecule has 3 aliphatic rings. The number of alkyl halides is 5. The van der Waals surface area contributed by atoms with Crippen LogP contribution in [0.1, 0.15) is 114 Å². The van der Waals surface area contributed by atoms with Gasteiger partial charge in [-0.2, -0.15) is 22.0 Å². The Balaban J connectivity index is 1.13. The predicted molar refractivity (Wildman–Crippen MR) is 151 cm³/mol. The molecule has 7 atom stereocenters. The second-order valence-corrected chi connectivity index (χ2v) is 14.7. The number of hydrogen-bond donors (Lipinski definition) is 1. The molecule has 0 spiro atoms. The third kappa shape index (κ3) is 7.30. The molecule has 0 heterocycles. The molecule has 1 N–H and O–H groups in total. The molecule has 1 aromatic carbocycles. The van der Waals surface area contributed by atoms with Gasteiger partial charge in [0, 0.05) is 28.7 Å². The molecule has 228 valence electrons. The van der Waals surface area contributed by atoms with Crippen LogP contribution in [0.3, 0.4) is 0 Å². The largest absolute Gasteiger partial charge is 0.453 e. The number of halogens is 5. The van der Waals surface area contributed by atoms with Crippen molar-refractivity contribution >= 4 is 10.8 Å². The molecule has 8 heteroatoms. The first-order chi connectivity index (χ1) is 18.9. The Kier molecular flexibility index (Phi) is 10.8. The van der Waals surface area contributed by atoms with Crippen molar-refractivity contribution in [3.63, 3.8) is 0 Å². The summed E-state index contributed by atoms with van der Waals surface area (Å²) in [6.07, 6.45) is 6.79. The molecule has 0 saturated heterocycles. The van der Waals surface area contributed by atoms with Gasteiger partial charge in [-0.1, -0.05) is 69.7 Å². The minimum atomic E-state index is -5.53. The number of aliphatic hydroxyl groups is 1. The van der Waals surface area contributed by atoms with E-state index in [1.807, 2.05) is 0 Å². The van der Waals surface area contributed by atoms with Crippen LogP contribution in [0.4, 0.5) is 22.0 Å². The van der Waals surface area contributed by atoms with Crippen molar-refractivity contribution in [1.29, 1.82) is 0 Å². The van der Waals surface area contributed by atoms with E-state index in [1.165, 1.54) is 31.2 Å². The highest BCUT2D eigenvalue weighted by atomic mass is 32.2. The van der Waals surface area contributed by atoms with Crippen molar-refractivity contribution in [2.75, 3.05) is 11.5 Å². The Morgan fingerprint density at radius 1 is 0.900 bits per heavy atom. The fourth-order valence-electron chi connectivity index (χ4n) is 8.23. The Morgan fingerprint density at radius 3 is 2.27 bits per heavy atom. The number of rotatable bonds is 14. The summed E-state index contributed by atoms with van der Waals surface area (Å²) >= 11 is 0. The standard InChI is InChI=1S/C32H47F5O2S/c1-30-19-17-26-25-14-9-8-12-23(25)22-24(29(26)27(30)15-16-28(30)38)13-7-5-3-2-4-6-10-20-40(39)21-11-18-31(33,34)32(35,36)37/h8-9,12,14,24,26-29,38H,2-7,10-11,13,15-22H2,1H3/t24-,26?,27+,28+,29-,30+,40?/m1/s1. The predicted octanol–water partition coefficient (Wildman–Crippen LogP) is 8.98. The quantitative estimate of drug-likeness (QED) is 0.173. The molecule has 0 aliphatic heterocycles. The third-order valence-electron chi connectivity index (χ3n) is 10.5. The van der Waals surface area contributed by atoms with E-state index in [2.05, 4.69) is 31.2 Å². The second kappa shape index (κ2) is 13.5. The highest BCUT2D eigenvalue weighted by Crippen LogP contribution is 2.62. The van der Waals surface area contributed by atoms with E-state index in [9.17, 15) is 31.3 Å². The van der Waals surface area contributed by atoms with Gasteiger partial charge in [0.25, 0.3) is 0 Å². The zero-order chi connectivity index (χ0) is 29.0. The molecule has 4 rings (SSSR count). The third-order valence-corrected chi connectivity index (χ3v) is 12.0. The smallest absolute Gasteiger partial charge is 0.393 e. The number of hydrogen-bond acceptors (Lipinski definition) is 2. The van der Waals surface area contributed by atoms with E-state index in [0.717, 1.165) is 57.8 Å². The van der Waals surface area contributed by atoms with Crippen molar-refractivity contribution in [2.45, 2.75) is 127 Å². The van der Waals surface area contributed by atoms with Gasteiger partial charge in [-0.25, -0.2) is 0 Å². The highest BCUT2D eigenvalue weighted by molar-refractivity contribution is 7.84. The maximum Gasteiger partial charge on any atom is 0.453 e. The zero-order valence-electron chi connectivity index (χ0n) is 23.9. The van der Waals surface area contributed by atoms with Crippen LogP contribution >= 0.6 is 0 Å². The number of benzene rings is 1. The first-order valence-corrected chi connectivity index (χ1v) is 17.0. The van der Waals surface area contributed by atoms with Gasteiger partial charge in [0.1, 0.15) is 0 Å². The average Bonchev–Trinajstić information content (AvgIpc) is 3.20. The van der Waals surface area contributed by atoms with Crippen LogP contribution in [0.5, 0.6) is 0 Å². The van der Waals surface area contributed by atoms with Gasteiger partial charge in [-0.15, -0.1) is 0 Å². The summed E-state index contributed by atoms with van der Waals surface area (Å²) in [7, 11) is -1.34. The summed E-state index contributed by atoms with van der Waals surface area (Å²) in [5, 5.41) is 10.8. The Labute approximate surface area is 239 Å². The fraction of sp³-hybridized carbons (Fsp3) is 0.812. The van der Waals surface area contributed by atoms with Gasteiger partial charge in [-0.05, 0) is 91.6 Å². The molecule has 40 heavy (non-hydrogen) atoms. The van der Waals surface area contributed by atoms with Crippen LogP contribution in [-0.2, 0) is 17.2 Å². The molecule has 1 aromatic rings. The van der Waals surface area contributed by atoms with Crippen LogP contribution in [0, 0.1) is 23.2 Å². The number of unbranched alkanes of at least 4 members (excludes halogenated alkanes) is 6. The van der Waals surface area contributed by atoms with Crippen LogP contribution in [0.2, 0.25) is 0 Å². The molecule has 0 bridgehead atoms. The van der Waals surface area contributed by atoms with Crippen molar-refractivity contribution in [3.8, 4) is 0 Å². The fourth-order valence-corrected chi connectivity index (χ4v) is 9.43. The van der Waals surface area contributed by atoms with Crippen molar-refractivity contribution < 1.29 is 31.3 Å². The molecule has 0 amide bonds. The van der Waals surface area contributed by atoms with Gasteiger partial charge in [0.15, 0.2) is 0 Å². The van der Waals surface area contributed by atoms with E-state index in [1.54, 1.807) is 5.56 Å².